The Hall–Kier alpha value is -1.59. The van der Waals surface area contributed by atoms with Crippen molar-refractivity contribution in [1.82, 2.24) is 15.1 Å². The fourth-order valence-electron chi connectivity index (χ4n) is 2.61. The lowest BCUT2D eigenvalue weighted by Crippen LogP contribution is -2.45. The molecule has 1 saturated heterocycles. The van der Waals surface area contributed by atoms with Crippen molar-refractivity contribution in [3.05, 3.63) is 29.3 Å². The lowest BCUT2D eigenvalue weighted by atomic mass is 10.1. The minimum Gasteiger partial charge on any atom is -0.484 e. The van der Waals surface area contributed by atoms with Crippen molar-refractivity contribution in [3.8, 4) is 5.75 Å². The van der Waals surface area contributed by atoms with Gasteiger partial charge in [-0.3, -0.25) is 4.79 Å². The molecule has 0 bridgehead atoms. The molecule has 0 aliphatic carbocycles. The van der Waals surface area contributed by atoms with E-state index in [4.69, 9.17) is 4.74 Å². The summed E-state index contributed by atoms with van der Waals surface area (Å²) in [4.78, 5) is 16.6. The molecule has 0 aromatic heterocycles. The number of likely N-dealkylation sites (N-methyl/N-ethyl adjacent to an activating group) is 1. The number of ether oxygens (including phenoxy) is 1. The van der Waals surface area contributed by atoms with Gasteiger partial charge in [0.1, 0.15) is 5.75 Å². The van der Waals surface area contributed by atoms with Crippen LogP contribution in [0, 0.1) is 13.8 Å². The van der Waals surface area contributed by atoms with Crippen LogP contribution in [-0.4, -0.2) is 68.6 Å². The summed E-state index contributed by atoms with van der Waals surface area (Å²) < 4.78 is 5.53. The summed E-state index contributed by atoms with van der Waals surface area (Å²) in [5, 5.41) is 2.93. The first-order valence-corrected chi connectivity index (χ1v) is 8.42. The fraction of sp³-hybridized carbons (Fsp3) is 0.611. The summed E-state index contributed by atoms with van der Waals surface area (Å²) in [6, 6.07) is 5.89. The molecule has 1 heterocycles. The molecule has 1 aromatic carbocycles. The summed E-state index contributed by atoms with van der Waals surface area (Å²) in [6.07, 6.45) is 0.985. The largest absolute Gasteiger partial charge is 0.484 e. The minimum atomic E-state index is -0.0541. The summed E-state index contributed by atoms with van der Waals surface area (Å²) in [5.41, 5.74) is 2.40. The van der Waals surface area contributed by atoms with Crippen molar-refractivity contribution in [3.63, 3.8) is 0 Å². The smallest absolute Gasteiger partial charge is 0.257 e. The second-order valence-electron chi connectivity index (χ2n) is 6.38. The zero-order valence-corrected chi connectivity index (χ0v) is 14.6. The molecular weight excluding hydrogens is 290 g/mol. The number of nitrogens with zero attached hydrogens (tertiary/aromatic N) is 2. The highest BCUT2D eigenvalue weighted by Crippen LogP contribution is 2.16. The molecule has 1 N–H and O–H groups in total. The van der Waals surface area contributed by atoms with Gasteiger partial charge in [-0.05, 0) is 57.1 Å². The van der Waals surface area contributed by atoms with E-state index in [1.807, 2.05) is 25.1 Å². The number of carbonyl (C=O) groups excluding carboxylic acids is 1. The summed E-state index contributed by atoms with van der Waals surface area (Å²) >= 11 is 0. The lowest BCUT2D eigenvalue weighted by Gasteiger charge is -2.32. The molecule has 1 aromatic rings. The Morgan fingerprint density at radius 3 is 2.61 bits per heavy atom. The first-order chi connectivity index (χ1) is 11.0. The standard InChI is InChI=1S/C18H29N3O2/c1-15-5-6-17(13-16(15)2)23-14-18(22)19-7-4-8-21-11-9-20(3)10-12-21/h5-6,13H,4,7-12,14H2,1-3H3,(H,19,22). The number of piperazine rings is 1. The Labute approximate surface area is 139 Å². The summed E-state index contributed by atoms with van der Waals surface area (Å²) in [7, 11) is 2.16. The molecule has 0 radical (unpaired) electrons. The Balaban J connectivity index is 1.57. The maximum atomic E-state index is 11.8. The van der Waals surface area contributed by atoms with E-state index in [9.17, 15) is 4.79 Å². The van der Waals surface area contributed by atoms with E-state index in [1.54, 1.807) is 0 Å². The van der Waals surface area contributed by atoms with Crippen molar-refractivity contribution in [2.24, 2.45) is 0 Å². The van der Waals surface area contributed by atoms with Crippen LogP contribution in [-0.2, 0) is 4.79 Å². The predicted octanol–water partition coefficient (Wildman–Crippen LogP) is 1.44. The van der Waals surface area contributed by atoms with Gasteiger partial charge in [0.25, 0.3) is 5.91 Å². The summed E-state index contributed by atoms with van der Waals surface area (Å²) in [6.45, 7) is 10.5. The lowest BCUT2D eigenvalue weighted by molar-refractivity contribution is -0.123. The van der Waals surface area contributed by atoms with Gasteiger partial charge in [0.05, 0.1) is 0 Å². The number of rotatable bonds is 7. The van der Waals surface area contributed by atoms with E-state index in [0.29, 0.717) is 6.54 Å². The fourth-order valence-corrected chi connectivity index (χ4v) is 2.61. The monoisotopic (exact) mass is 319 g/mol. The van der Waals surface area contributed by atoms with Crippen LogP contribution in [0.4, 0.5) is 0 Å². The van der Waals surface area contributed by atoms with E-state index in [1.165, 1.54) is 11.1 Å². The maximum absolute atomic E-state index is 11.8. The average molecular weight is 319 g/mol. The van der Waals surface area contributed by atoms with Gasteiger partial charge in [0.2, 0.25) is 0 Å². The van der Waals surface area contributed by atoms with Crippen LogP contribution < -0.4 is 10.1 Å². The van der Waals surface area contributed by atoms with Crippen molar-refractivity contribution >= 4 is 5.91 Å². The third-order valence-corrected chi connectivity index (χ3v) is 4.42. The molecular formula is C18H29N3O2. The molecule has 0 atom stereocenters. The highest BCUT2D eigenvalue weighted by atomic mass is 16.5. The Morgan fingerprint density at radius 1 is 1.17 bits per heavy atom. The van der Waals surface area contributed by atoms with E-state index in [-0.39, 0.29) is 12.5 Å². The molecule has 5 nitrogen and oxygen atoms in total. The second kappa shape index (κ2) is 8.89. The quantitative estimate of drug-likeness (QED) is 0.773. The predicted molar refractivity (Wildman–Crippen MR) is 93.0 cm³/mol. The normalized spacial score (nSPS) is 16.3. The Morgan fingerprint density at radius 2 is 1.91 bits per heavy atom. The van der Waals surface area contributed by atoms with E-state index in [0.717, 1.165) is 44.9 Å². The van der Waals surface area contributed by atoms with Crippen LogP contribution in [0.2, 0.25) is 0 Å². The van der Waals surface area contributed by atoms with Crippen molar-refractivity contribution in [2.75, 3.05) is 52.9 Å². The van der Waals surface area contributed by atoms with Crippen LogP contribution in [0.5, 0.6) is 5.75 Å². The molecule has 1 aliphatic heterocycles. The number of aryl methyl sites for hydroxylation is 2. The van der Waals surface area contributed by atoms with E-state index >= 15 is 0 Å². The van der Waals surface area contributed by atoms with E-state index < -0.39 is 0 Å². The number of carbonyl (C=O) groups is 1. The third kappa shape index (κ3) is 6.20. The maximum Gasteiger partial charge on any atom is 0.257 e. The molecule has 1 fully saturated rings. The van der Waals surface area contributed by atoms with Gasteiger partial charge in [0, 0.05) is 32.7 Å². The average Bonchev–Trinajstić information content (AvgIpc) is 2.54. The zero-order valence-electron chi connectivity index (χ0n) is 14.6. The SMILES string of the molecule is Cc1ccc(OCC(=O)NCCCN2CCN(C)CC2)cc1C. The van der Waals surface area contributed by atoms with Gasteiger partial charge in [0.15, 0.2) is 6.61 Å². The number of hydrogen-bond acceptors (Lipinski definition) is 4. The highest BCUT2D eigenvalue weighted by molar-refractivity contribution is 5.77. The van der Waals surface area contributed by atoms with Crippen LogP contribution in [0.25, 0.3) is 0 Å². The van der Waals surface area contributed by atoms with Gasteiger partial charge < -0.3 is 19.9 Å². The number of benzene rings is 1. The molecule has 0 spiro atoms. The van der Waals surface area contributed by atoms with E-state index in [2.05, 4.69) is 29.1 Å². The molecule has 128 valence electrons. The number of amides is 1. The molecule has 5 heteroatoms. The van der Waals surface area contributed by atoms with Crippen LogP contribution in [0.15, 0.2) is 18.2 Å². The minimum absolute atomic E-state index is 0.0541. The van der Waals surface area contributed by atoms with Gasteiger partial charge >= 0.3 is 0 Å². The van der Waals surface area contributed by atoms with Gasteiger partial charge in [-0.1, -0.05) is 6.07 Å². The zero-order chi connectivity index (χ0) is 16.7. The third-order valence-electron chi connectivity index (χ3n) is 4.42. The van der Waals surface area contributed by atoms with Crippen molar-refractivity contribution < 1.29 is 9.53 Å². The highest BCUT2D eigenvalue weighted by Gasteiger charge is 2.12. The topological polar surface area (TPSA) is 44.8 Å². The molecule has 1 amide bonds. The first kappa shape index (κ1) is 17.8. The molecule has 23 heavy (non-hydrogen) atoms. The van der Waals surface area contributed by atoms with Crippen LogP contribution in [0.3, 0.4) is 0 Å². The Bertz CT molecular complexity index is 511. The van der Waals surface area contributed by atoms with Crippen molar-refractivity contribution in [1.29, 1.82) is 0 Å². The molecule has 1 aliphatic rings. The van der Waals surface area contributed by atoms with Crippen LogP contribution in [0.1, 0.15) is 17.5 Å². The summed E-state index contributed by atoms with van der Waals surface area (Å²) in [5.74, 6) is 0.697. The molecule has 0 unspecified atom stereocenters. The van der Waals surface area contributed by atoms with Gasteiger partial charge in [-0.15, -0.1) is 0 Å². The second-order valence-corrected chi connectivity index (χ2v) is 6.38. The molecule has 2 rings (SSSR count). The number of nitrogens with one attached hydrogen (secondary N) is 1. The van der Waals surface area contributed by atoms with Crippen molar-refractivity contribution in [2.45, 2.75) is 20.3 Å². The van der Waals surface area contributed by atoms with Crippen LogP contribution >= 0.6 is 0 Å². The molecule has 0 saturated carbocycles. The van der Waals surface area contributed by atoms with Gasteiger partial charge in [-0.2, -0.15) is 0 Å². The van der Waals surface area contributed by atoms with Gasteiger partial charge in [-0.25, -0.2) is 0 Å². The first-order valence-electron chi connectivity index (χ1n) is 8.42. The number of hydrogen-bond donors (Lipinski definition) is 1. The Kier molecular flexibility index (Phi) is 6.86.